The SMILES string of the molecule is CCC(CCC(=O)OCc1ccccc1)C(=O)CC(C)C(=O)CC(CCC(=O)OCc1ccccc1)C(C)=O. The van der Waals surface area contributed by atoms with Gasteiger partial charge in [-0.3, -0.25) is 24.0 Å². The molecule has 0 N–H and O–H groups in total. The molecule has 2 rings (SSSR count). The van der Waals surface area contributed by atoms with Crippen molar-refractivity contribution in [1.29, 1.82) is 0 Å². The quantitative estimate of drug-likeness (QED) is 0.221. The van der Waals surface area contributed by atoms with Gasteiger partial charge in [-0.15, -0.1) is 0 Å². The molecule has 0 spiro atoms. The minimum atomic E-state index is -0.597. The highest BCUT2D eigenvalue weighted by molar-refractivity contribution is 5.91. The lowest BCUT2D eigenvalue weighted by atomic mass is 9.84. The summed E-state index contributed by atoms with van der Waals surface area (Å²) < 4.78 is 10.6. The molecule has 7 nitrogen and oxygen atoms in total. The van der Waals surface area contributed by atoms with E-state index in [2.05, 4.69) is 0 Å². The molecule has 210 valence electrons. The van der Waals surface area contributed by atoms with Crippen molar-refractivity contribution in [3.8, 4) is 0 Å². The highest BCUT2D eigenvalue weighted by atomic mass is 16.5. The summed E-state index contributed by atoms with van der Waals surface area (Å²) in [7, 11) is 0. The molecule has 2 aromatic rings. The second-order valence-corrected chi connectivity index (χ2v) is 10.0. The van der Waals surface area contributed by atoms with E-state index in [1.165, 1.54) is 6.92 Å². The molecule has 7 heteroatoms. The van der Waals surface area contributed by atoms with E-state index >= 15 is 0 Å². The van der Waals surface area contributed by atoms with Crippen molar-refractivity contribution in [1.82, 2.24) is 0 Å². The number of carbonyl (C=O) groups is 5. The van der Waals surface area contributed by atoms with E-state index in [0.29, 0.717) is 12.8 Å². The molecule has 39 heavy (non-hydrogen) atoms. The second kappa shape index (κ2) is 17.1. The number of hydrogen-bond donors (Lipinski definition) is 0. The van der Waals surface area contributed by atoms with Crippen LogP contribution in [-0.4, -0.2) is 29.3 Å². The van der Waals surface area contributed by atoms with Crippen molar-refractivity contribution >= 4 is 29.3 Å². The van der Waals surface area contributed by atoms with Crippen LogP contribution < -0.4 is 0 Å². The minimum absolute atomic E-state index is 0.0155. The standard InChI is InChI=1S/C32H40O7/c1-4-27(15-17-31(36)38-21-25-11-7-5-8-12-25)30(35)19-23(2)29(34)20-28(24(3)33)16-18-32(37)39-22-26-13-9-6-10-14-26/h5-14,23,27-28H,4,15-22H2,1-3H3. The second-order valence-electron chi connectivity index (χ2n) is 10.0. The molecule has 0 bridgehead atoms. The fraction of sp³-hybridized carbons (Fsp3) is 0.469. The largest absolute Gasteiger partial charge is 0.461 e. The Morgan fingerprint density at radius 2 is 1.13 bits per heavy atom. The van der Waals surface area contributed by atoms with Crippen molar-refractivity contribution in [3.05, 3.63) is 71.8 Å². The first-order chi connectivity index (χ1) is 18.7. The first kappa shape index (κ1) is 31.6. The summed E-state index contributed by atoms with van der Waals surface area (Å²) in [6.45, 7) is 5.33. The van der Waals surface area contributed by atoms with E-state index in [1.54, 1.807) is 6.92 Å². The molecule has 0 amide bonds. The van der Waals surface area contributed by atoms with Gasteiger partial charge in [0.1, 0.15) is 30.6 Å². The summed E-state index contributed by atoms with van der Waals surface area (Å²) in [6, 6.07) is 18.7. The van der Waals surface area contributed by atoms with Gasteiger partial charge in [0.25, 0.3) is 0 Å². The molecular formula is C32H40O7. The van der Waals surface area contributed by atoms with E-state index < -0.39 is 17.8 Å². The lowest BCUT2D eigenvalue weighted by molar-refractivity contribution is -0.146. The van der Waals surface area contributed by atoms with Gasteiger partial charge in [0, 0.05) is 43.4 Å². The van der Waals surface area contributed by atoms with Gasteiger partial charge in [0.15, 0.2) is 0 Å². The Bertz CT molecular complexity index is 1080. The number of esters is 2. The average Bonchev–Trinajstić information content (AvgIpc) is 2.94. The fourth-order valence-corrected chi connectivity index (χ4v) is 4.27. The number of ketones is 3. The summed E-state index contributed by atoms with van der Waals surface area (Å²) >= 11 is 0. The molecule has 0 saturated carbocycles. The number of hydrogen-bond acceptors (Lipinski definition) is 7. The summed E-state index contributed by atoms with van der Waals surface area (Å²) in [5.41, 5.74) is 1.77. The fourth-order valence-electron chi connectivity index (χ4n) is 4.27. The van der Waals surface area contributed by atoms with Gasteiger partial charge in [-0.25, -0.2) is 0 Å². The number of benzene rings is 2. The maximum atomic E-state index is 12.9. The van der Waals surface area contributed by atoms with Gasteiger partial charge in [-0.2, -0.15) is 0 Å². The van der Waals surface area contributed by atoms with Crippen LogP contribution >= 0.6 is 0 Å². The Morgan fingerprint density at radius 3 is 1.56 bits per heavy atom. The molecule has 0 aliphatic rings. The maximum absolute atomic E-state index is 12.9. The molecule has 3 atom stereocenters. The van der Waals surface area contributed by atoms with E-state index in [0.717, 1.165) is 11.1 Å². The van der Waals surface area contributed by atoms with E-state index in [4.69, 9.17) is 9.47 Å². The lowest BCUT2D eigenvalue weighted by Gasteiger charge is -2.18. The molecule has 0 fully saturated rings. The van der Waals surface area contributed by atoms with Gasteiger partial charge in [0.2, 0.25) is 0 Å². The number of carbonyl (C=O) groups excluding carboxylic acids is 5. The van der Waals surface area contributed by atoms with Gasteiger partial charge in [-0.1, -0.05) is 74.5 Å². The molecule has 0 aromatic heterocycles. The number of ether oxygens (including phenoxy) is 2. The molecule has 0 radical (unpaired) electrons. The number of rotatable bonds is 18. The highest BCUT2D eigenvalue weighted by Gasteiger charge is 2.27. The normalized spacial score (nSPS) is 13.1. The molecule has 0 heterocycles. The van der Waals surface area contributed by atoms with Crippen LogP contribution in [0.15, 0.2) is 60.7 Å². The van der Waals surface area contributed by atoms with Crippen LogP contribution in [0.2, 0.25) is 0 Å². The monoisotopic (exact) mass is 536 g/mol. The van der Waals surface area contributed by atoms with Crippen molar-refractivity contribution in [2.75, 3.05) is 0 Å². The molecule has 0 aliphatic heterocycles. The molecule has 0 aliphatic carbocycles. The molecule has 2 aromatic carbocycles. The van der Waals surface area contributed by atoms with E-state index in [1.807, 2.05) is 67.6 Å². The Morgan fingerprint density at radius 1 is 0.667 bits per heavy atom. The van der Waals surface area contributed by atoms with Crippen LogP contribution in [0.4, 0.5) is 0 Å². The van der Waals surface area contributed by atoms with Crippen molar-refractivity contribution in [3.63, 3.8) is 0 Å². The highest BCUT2D eigenvalue weighted by Crippen LogP contribution is 2.22. The third-order valence-corrected chi connectivity index (χ3v) is 6.91. The predicted molar refractivity (Wildman–Crippen MR) is 147 cm³/mol. The van der Waals surface area contributed by atoms with Gasteiger partial charge >= 0.3 is 11.9 Å². The zero-order valence-corrected chi connectivity index (χ0v) is 23.2. The van der Waals surface area contributed by atoms with Crippen molar-refractivity contribution in [2.45, 2.75) is 78.9 Å². The van der Waals surface area contributed by atoms with Crippen LogP contribution in [0, 0.1) is 17.8 Å². The summed E-state index contributed by atoms with van der Waals surface area (Å²) in [5.74, 6) is -2.69. The van der Waals surface area contributed by atoms with Crippen LogP contribution in [0.3, 0.4) is 0 Å². The smallest absolute Gasteiger partial charge is 0.306 e. The van der Waals surface area contributed by atoms with Gasteiger partial charge in [-0.05, 0) is 37.3 Å². The van der Waals surface area contributed by atoms with E-state index in [9.17, 15) is 24.0 Å². The summed E-state index contributed by atoms with van der Waals surface area (Å²) in [5, 5.41) is 0. The van der Waals surface area contributed by atoms with Crippen LogP contribution in [-0.2, 0) is 46.7 Å². The molecule has 0 saturated heterocycles. The predicted octanol–water partition coefficient (Wildman–Crippen LogP) is 5.82. The summed E-state index contributed by atoms with van der Waals surface area (Å²) in [6.07, 6.45) is 1.36. The third kappa shape index (κ3) is 12.2. The van der Waals surface area contributed by atoms with Gasteiger partial charge < -0.3 is 9.47 Å². The van der Waals surface area contributed by atoms with Crippen molar-refractivity contribution < 1.29 is 33.4 Å². The third-order valence-electron chi connectivity index (χ3n) is 6.91. The van der Waals surface area contributed by atoms with Crippen LogP contribution in [0.25, 0.3) is 0 Å². The van der Waals surface area contributed by atoms with Gasteiger partial charge in [0.05, 0.1) is 0 Å². The van der Waals surface area contributed by atoms with Crippen LogP contribution in [0.5, 0.6) is 0 Å². The maximum Gasteiger partial charge on any atom is 0.306 e. The van der Waals surface area contributed by atoms with Crippen LogP contribution in [0.1, 0.15) is 76.8 Å². The summed E-state index contributed by atoms with van der Waals surface area (Å²) in [4.78, 5) is 62.2. The Hall–Kier alpha value is -3.61. The zero-order chi connectivity index (χ0) is 28.6. The van der Waals surface area contributed by atoms with Crippen molar-refractivity contribution in [2.24, 2.45) is 17.8 Å². The Balaban J connectivity index is 1.75. The number of Topliss-reactive ketones (excluding diaryl/α,β-unsaturated/α-hetero) is 3. The Labute approximate surface area is 231 Å². The minimum Gasteiger partial charge on any atom is -0.461 e. The lowest BCUT2D eigenvalue weighted by Crippen LogP contribution is -2.25. The topological polar surface area (TPSA) is 104 Å². The molecular weight excluding hydrogens is 496 g/mol. The first-order valence-electron chi connectivity index (χ1n) is 13.6. The van der Waals surface area contributed by atoms with E-state index in [-0.39, 0.29) is 74.6 Å². The average molecular weight is 537 g/mol. The Kier molecular flexibility index (Phi) is 13.8. The molecule has 3 unspecified atom stereocenters. The zero-order valence-electron chi connectivity index (χ0n) is 23.2. The first-order valence-corrected chi connectivity index (χ1v) is 13.6.